The highest BCUT2D eigenvalue weighted by Gasteiger charge is 2.33. The van der Waals surface area contributed by atoms with Gasteiger partial charge in [-0.05, 0) is 4.76 Å². The summed E-state index contributed by atoms with van der Waals surface area (Å²) < 4.78 is 4.96. The summed E-state index contributed by atoms with van der Waals surface area (Å²) in [4.78, 5) is 24.7. The van der Waals surface area contributed by atoms with Gasteiger partial charge >= 0.3 is 12.3 Å². The smallest absolute Gasteiger partial charge is 0.360 e. The highest BCUT2D eigenvalue weighted by atomic mass is 16.5. The van der Waals surface area contributed by atoms with E-state index >= 15 is 0 Å². The van der Waals surface area contributed by atoms with Crippen LogP contribution in [0.3, 0.4) is 0 Å². The summed E-state index contributed by atoms with van der Waals surface area (Å²) in [6.45, 7) is 0.0761. The van der Waals surface area contributed by atoms with Gasteiger partial charge < -0.3 is 4.74 Å². The molecule has 0 radical (unpaired) electrons. The molecule has 10 heavy (non-hydrogen) atoms. The molecule has 0 saturated heterocycles. The van der Waals surface area contributed by atoms with Crippen molar-refractivity contribution >= 4 is 12.3 Å². The molecule has 1 atom stereocenters. The number of methoxy groups -OCH3 is 1. The summed E-state index contributed by atoms with van der Waals surface area (Å²) in [5.74, 6) is -0.463. The molecule has 5 nitrogen and oxygen atoms in total. The van der Waals surface area contributed by atoms with Crippen molar-refractivity contribution in [3.63, 3.8) is 0 Å². The van der Waals surface area contributed by atoms with E-state index in [0.717, 1.165) is 6.34 Å². The first-order valence-corrected chi connectivity index (χ1v) is 2.79. The van der Waals surface area contributed by atoms with Gasteiger partial charge in [-0.15, -0.1) is 0 Å². The van der Waals surface area contributed by atoms with E-state index in [4.69, 9.17) is 0 Å². The third-order valence-corrected chi connectivity index (χ3v) is 1.20. The third-order valence-electron chi connectivity index (χ3n) is 1.20. The maximum absolute atomic E-state index is 10.7. The van der Waals surface area contributed by atoms with Gasteiger partial charge in [0.1, 0.15) is 0 Å². The molecule has 0 amide bonds. The van der Waals surface area contributed by atoms with Gasteiger partial charge in [-0.3, -0.25) is 0 Å². The normalized spacial score (nSPS) is 23.3. The maximum atomic E-state index is 10.7. The molecule has 0 aromatic carbocycles. The first-order valence-electron chi connectivity index (χ1n) is 2.79. The second kappa shape index (κ2) is 2.55. The van der Waals surface area contributed by atoms with Gasteiger partial charge in [-0.2, -0.15) is 0 Å². The Labute approximate surface area is 57.3 Å². The molecule has 0 bridgehead atoms. The number of carbonyl (C=O) groups is 1. The Morgan fingerprint density at radius 3 is 3.00 bits per heavy atom. The zero-order valence-corrected chi connectivity index (χ0v) is 5.48. The van der Waals surface area contributed by atoms with Crippen molar-refractivity contribution in [2.24, 2.45) is 4.99 Å². The van der Waals surface area contributed by atoms with Gasteiger partial charge in [-0.1, -0.05) is 9.90 Å². The van der Waals surface area contributed by atoms with E-state index in [9.17, 15) is 9.70 Å². The molecule has 1 unspecified atom stereocenters. The van der Waals surface area contributed by atoms with Crippen LogP contribution in [0.5, 0.6) is 0 Å². The topological polar surface area (TPSA) is 58.7 Å². The van der Waals surface area contributed by atoms with Crippen LogP contribution in [0.25, 0.3) is 0 Å². The van der Waals surface area contributed by atoms with Crippen LogP contribution in [0, 0.1) is 4.91 Å². The summed E-state index contributed by atoms with van der Waals surface area (Å²) in [6, 6.07) is -0.623. The van der Waals surface area contributed by atoms with E-state index < -0.39 is 12.0 Å². The zero-order chi connectivity index (χ0) is 7.56. The van der Waals surface area contributed by atoms with Crippen LogP contribution in [0.15, 0.2) is 4.99 Å². The van der Waals surface area contributed by atoms with Crippen LogP contribution in [-0.4, -0.2) is 36.8 Å². The van der Waals surface area contributed by atoms with E-state index in [1.165, 1.54) is 7.11 Å². The Hall–Kier alpha value is -1.26. The summed E-state index contributed by atoms with van der Waals surface area (Å²) in [5.41, 5.74) is 0. The summed E-state index contributed by atoms with van der Waals surface area (Å²) in [7, 11) is 1.27. The number of hydrogen-bond donors (Lipinski definition) is 0. The molecule has 0 spiro atoms. The van der Waals surface area contributed by atoms with E-state index in [2.05, 4.69) is 9.73 Å². The van der Waals surface area contributed by atoms with Crippen LogP contribution in [-0.2, 0) is 9.53 Å². The summed E-state index contributed by atoms with van der Waals surface area (Å²) in [6.07, 6.45) is 1.08. The number of ether oxygens (including phenoxy) is 1. The SMILES string of the molecule is COC(=O)C1C[N+](=O)C=N1. The number of carbonyl (C=O) groups excluding carboxylic acids is 1. The van der Waals surface area contributed by atoms with Crippen LogP contribution >= 0.6 is 0 Å². The van der Waals surface area contributed by atoms with Crippen molar-refractivity contribution in [1.29, 1.82) is 0 Å². The molecule has 0 fully saturated rings. The monoisotopic (exact) mass is 143 g/mol. The van der Waals surface area contributed by atoms with Crippen molar-refractivity contribution in [3.05, 3.63) is 4.91 Å². The number of nitrogens with zero attached hydrogens (tertiary/aromatic N) is 2. The molecule has 1 heterocycles. The molecular formula is C5H7N2O3+. The van der Waals surface area contributed by atoms with Gasteiger partial charge in [0.25, 0.3) is 6.04 Å². The number of aliphatic imine (C=N–C) groups is 1. The predicted octanol–water partition coefficient (Wildman–Crippen LogP) is -0.651. The lowest BCUT2D eigenvalue weighted by Crippen LogP contribution is -2.23. The molecule has 0 aliphatic carbocycles. The van der Waals surface area contributed by atoms with Crippen LogP contribution in [0.4, 0.5) is 0 Å². The standard InChI is InChI=1S/C5H7N2O3/c1-10-5(8)4-2-7(9)3-6-4/h3-4H,2H2,1H3/q+1. The molecular weight excluding hydrogens is 136 g/mol. The van der Waals surface area contributed by atoms with Crippen LogP contribution < -0.4 is 0 Å². The van der Waals surface area contributed by atoms with Crippen molar-refractivity contribution < 1.29 is 14.3 Å². The minimum Gasteiger partial charge on any atom is -0.466 e. The van der Waals surface area contributed by atoms with Crippen molar-refractivity contribution in [1.82, 2.24) is 0 Å². The second-order valence-corrected chi connectivity index (χ2v) is 1.90. The van der Waals surface area contributed by atoms with E-state index in [1.807, 2.05) is 0 Å². The number of nitroso groups, excluding NO2 is 1. The lowest BCUT2D eigenvalue weighted by molar-refractivity contribution is -0.411. The lowest BCUT2D eigenvalue weighted by atomic mass is 10.3. The van der Waals surface area contributed by atoms with Crippen LogP contribution in [0.1, 0.15) is 0 Å². The van der Waals surface area contributed by atoms with Gasteiger partial charge in [0.15, 0.2) is 6.54 Å². The zero-order valence-electron chi connectivity index (χ0n) is 5.48. The van der Waals surface area contributed by atoms with Gasteiger partial charge in [0.2, 0.25) is 0 Å². The Bertz CT molecular complexity index is 199. The average molecular weight is 143 g/mol. The molecule has 0 aromatic rings. The number of esters is 1. The predicted molar refractivity (Wildman–Crippen MR) is 32.8 cm³/mol. The fourth-order valence-electron chi connectivity index (χ4n) is 0.691. The lowest BCUT2D eigenvalue weighted by Gasteiger charge is -1.94. The summed E-state index contributed by atoms with van der Waals surface area (Å²) >= 11 is 0. The molecule has 0 saturated carbocycles. The Kier molecular flexibility index (Phi) is 1.75. The third kappa shape index (κ3) is 1.18. The van der Waals surface area contributed by atoms with Crippen molar-refractivity contribution in [3.8, 4) is 0 Å². The van der Waals surface area contributed by atoms with E-state index in [-0.39, 0.29) is 6.54 Å². The van der Waals surface area contributed by atoms with Crippen LogP contribution in [0.2, 0.25) is 0 Å². The van der Waals surface area contributed by atoms with E-state index in [0.29, 0.717) is 4.76 Å². The molecule has 1 rings (SSSR count). The van der Waals surface area contributed by atoms with Gasteiger partial charge in [0.05, 0.1) is 7.11 Å². The Morgan fingerprint density at radius 1 is 1.90 bits per heavy atom. The molecule has 1 aliphatic heterocycles. The molecule has 54 valence electrons. The first kappa shape index (κ1) is 6.85. The maximum Gasteiger partial charge on any atom is 0.360 e. The van der Waals surface area contributed by atoms with E-state index in [1.54, 1.807) is 0 Å². The van der Waals surface area contributed by atoms with Crippen molar-refractivity contribution in [2.45, 2.75) is 6.04 Å². The number of rotatable bonds is 1. The van der Waals surface area contributed by atoms with Gasteiger partial charge in [-0.25, -0.2) is 4.79 Å². The van der Waals surface area contributed by atoms with Crippen molar-refractivity contribution in [2.75, 3.05) is 13.7 Å². The molecule has 0 aromatic heterocycles. The first-order chi connectivity index (χ1) is 4.74. The average Bonchev–Trinajstić information content (AvgIpc) is 2.34. The Morgan fingerprint density at radius 2 is 2.60 bits per heavy atom. The highest BCUT2D eigenvalue weighted by molar-refractivity contribution is 5.78. The highest BCUT2D eigenvalue weighted by Crippen LogP contribution is 1.99. The fraction of sp³-hybridized carbons (Fsp3) is 0.600. The minimum atomic E-state index is -0.623. The molecule has 1 aliphatic rings. The van der Waals surface area contributed by atoms with Gasteiger partial charge in [0, 0.05) is 0 Å². The quantitative estimate of drug-likeness (QED) is 0.362. The summed E-state index contributed by atoms with van der Waals surface area (Å²) in [5, 5.41) is 0. The number of hydrogen-bond acceptors (Lipinski definition) is 4. The molecule has 5 heteroatoms. The Balaban J connectivity index is 2.54. The fourth-order valence-corrected chi connectivity index (χ4v) is 0.691. The largest absolute Gasteiger partial charge is 0.466 e. The minimum absolute atomic E-state index is 0.0761. The second-order valence-electron chi connectivity index (χ2n) is 1.90. The molecule has 0 N–H and O–H groups in total.